The highest BCUT2D eigenvalue weighted by atomic mass is 31.2. The molecule has 7 heteroatoms. The van der Waals surface area contributed by atoms with Gasteiger partial charge in [-0.1, -0.05) is 6.92 Å². The van der Waals surface area contributed by atoms with Gasteiger partial charge in [0.05, 0.1) is 25.7 Å². The van der Waals surface area contributed by atoms with Crippen LogP contribution in [0, 0.1) is 5.92 Å². The number of carbonyl (C=O) groups is 2. The molecule has 0 fully saturated rings. The Kier molecular flexibility index (Phi) is 7.87. The van der Waals surface area contributed by atoms with Gasteiger partial charge in [-0.2, -0.15) is 0 Å². The van der Waals surface area contributed by atoms with Crippen molar-refractivity contribution in [2.45, 2.75) is 20.8 Å². The molecule has 106 valence electrons. The molecular formula is C11H22NO5P. The smallest absolute Gasteiger partial charge is 0.320 e. The summed E-state index contributed by atoms with van der Waals surface area (Å²) in [6.07, 6.45) is 0.158. The molecule has 1 N–H and O–H groups in total. The third-order valence-corrected chi connectivity index (χ3v) is 4.25. The van der Waals surface area contributed by atoms with Crippen LogP contribution >= 0.6 is 7.29 Å². The average molecular weight is 279 g/mol. The van der Waals surface area contributed by atoms with E-state index in [1.807, 2.05) is 0 Å². The summed E-state index contributed by atoms with van der Waals surface area (Å²) in [6, 6.07) is 0. The fourth-order valence-corrected chi connectivity index (χ4v) is 3.18. The third-order valence-electron chi connectivity index (χ3n) is 2.17. The zero-order valence-electron chi connectivity index (χ0n) is 11.4. The number of rotatable bonds is 8. The molecule has 0 aliphatic heterocycles. The van der Waals surface area contributed by atoms with E-state index in [1.54, 1.807) is 20.8 Å². The van der Waals surface area contributed by atoms with Crippen molar-refractivity contribution in [2.75, 3.05) is 32.6 Å². The lowest BCUT2D eigenvalue weighted by Gasteiger charge is -2.17. The van der Waals surface area contributed by atoms with Gasteiger partial charge in [0.1, 0.15) is 7.29 Å². The molecule has 0 saturated carbocycles. The monoisotopic (exact) mass is 279 g/mol. The summed E-state index contributed by atoms with van der Waals surface area (Å²) in [6.45, 7) is 7.04. The number of ether oxygens (including phenoxy) is 2. The van der Waals surface area contributed by atoms with Crippen molar-refractivity contribution in [3.63, 3.8) is 0 Å². The Hall–Kier alpha value is -0.870. The Labute approximate surface area is 108 Å². The van der Waals surface area contributed by atoms with Crippen LogP contribution in [0.1, 0.15) is 20.8 Å². The Balaban J connectivity index is 4.18. The molecule has 0 radical (unpaired) electrons. The Morgan fingerprint density at radius 2 is 1.78 bits per heavy atom. The SMILES string of the molecule is CCOC(=O)CNP(C)(=O)CC(C)C(=O)OCC. The zero-order valence-corrected chi connectivity index (χ0v) is 12.3. The lowest BCUT2D eigenvalue weighted by atomic mass is 10.2. The van der Waals surface area contributed by atoms with Crippen LogP contribution in [0.2, 0.25) is 0 Å². The van der Waals surface area contributed by atoms with Crippen molar-refractivity contribution in [3.05, 3.63) is 0 Å². The minimum atomic E-state index is -2.76. The molecular weight excluding hydrogens is 257 g/mol. The molecule has 0 aliphatic carbocycles. The van der Waals surface area contributed by atoms with Crippen molar-refractivity contribution < 1.29 is 23.6 Å². The van der Waals surface area contributed by atoms with E-state index >= 15 is 0 Å². The minimum absolute atomic E-state index is 0.114. The molecule has 0 aromatic carbocycles. The van der Waals surface area contributed by atoms with Gasteiger partial charge < -0.3 is 14.0 Å². The van der Waals surface area contributed by atoms with Crippen molar-refractivity contribution in [2.24, 2.45) is 5.92 Å². The molecule has 0 aliphatic rings. The maximum Gasteiger partial charge on any atom is 0.320 e. The van der Waals surface area contributed by atoms with Crippen LogP contribution in [0.4, 0.5) is 0 Å². The normalized spacial score (nSPS) is 15.6. The molecule has 0 saturated heterocycles. The second-order valence-electron chi connectivity index (χ2n) is 4.08. The topological polar surface area (TPSA) is 81.7 Å². The quantitative estimate of drug-likeness (QED) is 0.532. The van der Waals surface area contributed by atoms with E-state index in [0.717, 1.165) is 0 Å². The van der Waals surface area contributed by atoms with Crippen molar-refractivity contribution >= 4 is 19.2 Å². The van der Waals surface area contributed by atoms with Crippen molar-refractivity contribution in [1.82, 2.24) is 5.09 Å². The standard InChI is InChI=1S/C11H22NO5P/c1-5-16-10(13)7-12-18(4,15)8-9(3)11(14)17-6-2/h9H,5-8H2,1-4H3,(H,12,15). The number of esters is 2. The molecule has 2 atom stereocenters. The van der Waals surface area contributed by atoms with Crippen molar-refractivity contribution in [1.29, 1.82) is 0 Å². The number of nitrogens with one attached hydrogen (secondary N) is 1. The van der Waals surface area contributed by atoms with Gasteiger partial charge in [0.15, 0.2) is 0 Å². The van der Waals surface area contributed by atoms with Crippen LogP contribution < -0.4 is 5.09 Å². The average Bonchev–Trinajstić information content (AvgIpc) is 2.27. The molecule has 6 nitrogen and oxygen atoms in total. The lowest BCUT2D eigenvalue weighted by Crippen LogP contribution is -2.26. The van der Waals surface area contributed by atoms with E-state index in [1.165, 1.54) is 6.66 Å². The third kappa shape index (κ3) is 7.45. The second-order valence-corrected chi connectivity index (χ2v) is 6.96. The molecule has 2 unspecified atom stereocenters. The van der Waals surface area contributed by atoms with Crippen LogP contribution in [-0.4, -0.2) is 44.5 Å². The first-order valence-electron chi connectivity index (χ1n) is 5.96. The highest BCUT2D eigenvalue weighted by molar-refractivity contribution is 7.61. The summed E-state index contributed by atoms with van der Waals surface area (Å²) in [4.78, 5) is 22.5. The maximum absolute atomic E-state index is 12.1. The summed E-state index contributed by atoms with van der Waals surface area (Å²) in [5.41, 5.74) is 0. The first-order chi connectivity index (χ1) is 8.32. The summed E-state index contributed by atoms with van der Waals surface area (Å²) in [7, 11) is -2.76. The molecule has 0 aromatic heterocycles. The summed E-state index contributed by atoms with van der Waals surface area (Å²) in [5.74, 6) is -1.30. The summed E-state index contributed by atoms with van der Waals surface area (Å²) in [5, 5.41) is 2.64. The van der Waals surface area contributed by atoms with Gasteiger partial charge in [0.25, 0.3) is 0 Å². The molecule has 0 spiro atoms. The molecule has 0 amide bonds. The van der Waals surface area contributed by atoms with Gasteiger partial charge in [0.2, 0.25) is 0 Å². The van der Waals surface area contributed by atoms with Crippen LogP contribution in [0.25, 0.3) is 0 Å². The Morgan fingerprint density at radius 1 is 1.22 bits per heavy atom. The highest BCUT2D eigenvalue weighted by Crippen LogP contribution is 2.38. The van der Waals surface area contributed by atoms with Gasteiger partial charge in [0, 0.05) is 12.8 Å². The fourth-order valence-electron chi connectivity index (χ4n) is 1.39. The van der Waals surface area contributed by atoms with Crippen molar-refractivity contribution in [3.8, 4) is 0 Å². The van der Waals surface area contributed by atoms with E-state index in [2.05, 4.69) is 5.09 Å². The first-order valence-corrected chi connectivity index (χ1v) is 8.30. The van der Waals surface area contributed by atoms with E-state index in [9.17, 15) is 14.2 Å². The molecule has 18 heavy (non-hydrogen) atoms. The van der Waals surface area contributed by atoms with Gasteiger partial charge >= 0.3 is 11.9 Å². The summed E-state index contributed by atoms with van der Waals surface area (Å²) < 4.78 is 21.7. The largest absolute Gasteiger partial charge is 0.466 e. The minimum Gasteiger partial charge on any atom is -0.466 e. The molecule has 0 aromatic rings. The molecule has 0 heterocycles. The number of hydrogen-bond donors (Lipinski definition) is 1. The predicted molar refractivity (Wildman–Crippen MR) is 68.8 cm³/mol. The Morgan fingerprint density at radius 3 is 2.28 bits per heavy atom. The molecule has 0 rings (SSSR count). The van der Waals surface area contributed by atoms with Gasteiger partial charge in [-0.15, -0.1) is 0 Å². The highest BCUT2D eigenvalue weighted by Gasteiger charge is 2.25. The van der Waals surface area contributed by atoms with Crippen LogP contribution in [-0.2, 0) is 23.6 Å². The van der Waals surface area contributed by atoms with Gasteiger partial charge in [-0.05, 0) is 13.8 Å². The van der Waals surface area contributed by atoms with Gasteiger partial charge in [-0.25, -0.2) is 0 Å². The van der Waals surface area contributed by atoms with E-state index in [0.29, 0.717) is 6.61 Å². The van der Waals surface area contributed by atoms with E-state index in [4.69, 9.17) is 9.47 Å². The van der Waals surface area contributed by atoms with Crippen LogP contribution in [0.5, 0.6) is 0 Å². The second kappa shape index (κ2) is 8.27. The molecule has 0 bridgehead atoms. The zero-order chi connectivity index (χ0) is 14.2. The lowest BCUT2D eigenvalue weighted by molar-refractivity contribution is -0.146. The predicted octanol–water partition coefficient (Wildman–Crippen LogP) is 1.25. The number of carbonyl (C=O) groups excluding carboxylic acids is 2. The first kappa shape index (κ1) is 17.1. The maximum atomic E-state index is 12.1. The van der Waals surface area contributed by atoms with Gasteiger partial charge in [-0.3, -0.25) is 14.7 Å². The van der Waals surface area contributed by atoms with Crippen LogP contribution in [0.3, 0.4) is 0 Å². The fraction of sp³-hybridized carbons (Fsp3) is 0.818. The number of hydrogen-bond acceptors (Lipinski definition) is 5. The van der Waals surface area contributed by atoms with Crippen LogP contribution in [0.15, 0.2) is 0 Å². The van der Waals surface area contributed by atoms with E-state index in [-0.39, 0.29) is 25.3 Å². The Bertz CT molecular complexity index is 331. The van der Waals surface area contributed by atoms with E-state index < -0.39 is 19.2 Å². The summed E-state index contributed by atoms with van der Waals surface area (Å²) >= 11 is 0.